The van der Waals surface area contributed by atoms with E-state index in [0.717, 1.165) is 35.3 Å². The molecule has 54 heavy (non-hydrogen) atoms. The van der Waals surface area contributed by atoms with Crippen LogP contribution in [-0.4, -0.2) is 76.5 Å². The molecule has 4 aromatic rings. The number of carbonyl (C=O) groups excluding carboxylic acids is 3. The molecule has 2 atom stereocenters. The molecule has 4 heterocycles. The van der Waals surface area contributed by atoms with E-state index in [2.05, 4.69) is 5.32 Å². The minimum atomic E-state index is -0.147. The predicted octanol–water partition coefficient (Wildman–Crippen LogP) is 6.58. The van der Waals surface area contributed by atoms with Crippen molar-refractivity contribution in [3.8, 4) is 28.7 Å². The largest absolute Gasteiger partial charge is 0.494 e. The third kappa shape index (κ3) is 6.56. The van der Waals surface area contributed by atoms with Crippen molar-refractivity contribution >= 4 is 46.6 Å². The number of ketones is 1. The van der Waals surface area contributed by atoms with E-state index in [1.165, 1.54) is 0 Å². The summed E-state index contributed by atoms with van der Waals surface area (Å²) in [6.45, 7) is 3.20. The Bertz CT molecular complexity index is 2170. The number of ether oxygens (including phenoxy) is 5. The molecular weight excluding hydrogens is 688 g/mol. The molecule has 12 nitrogen and oxygen atoms in total. The predicted molar refractivity (Wildman–Crippen MR) is 205 cm³/mol. The molecule has 4 aromatic carbocycles. The molecule has 0 aliphatic carbocycles. The summed E-state index contributed by atoms with van der Waals surface area (Å²) < 4.78 is 29.5. The van der Waals surface area contributed by atoms with Crippen molar-refractivity contribution in [1.82, 2.24) is 0 Å². The number of fused-ring (bicyclic) bond motifs is 8. The molecule has 2 amide bonds. The second kappa shape index (κ2) is 14.8. The van der Waals surface area contributed by atoms with Gasteiger partial charge in [-0.15, -0.1) is 0 Å². The number of carbonyl (C=O) groups is 3. The van der Waals surface area contributed by atoms with Gasteiger partial charge < -0.3 is 38.7 Å². The molecular formula is C42H42N4O8. The summed E-state index contributed by atoms with van der Waals surface area (Å²) in [5.41, 5.74) is 6.11. The molecule has 0 bridgehead atoms. The summed E-state index contributed by atoms with van der Waals surface area (Å²) >= 11 is 0. The Morgan fingerprint density at radius 2 is 1.46 bits per heavy atom. The van der Waals surface area contributed by atoms with Gasteiger partial charge in [-0.2, -0.15) is 0 Å². The highest BCUT2D eigenvalue weighted by atomic mass is 16.5. The zero-order valence-corrected chi connectivity index (χ0v) is 30.6. The van der Waals surface area contributed by atoms with Gasteiger partial charge in [-0.1, -0.05) is 24.3 Å². The lowest BCUT2D eigenvalue weighted by Gasteiger charge is -2.23. The zero-order valence-electron chi connectivity index (χ0n) is 30.6. The van der Waals surface area contributed by atoms with Crippen LogP contribution in [0.25, 0.3) is 0 Å². The molecule has 4 aliphatic rings. The molecule has 278 valence electrons. The SMILES string of the molecule is COc1cc2c(cc1OCCCOc1cc3c(cc1OC)C(=O)N1c4cc(OCCCC(C)=O)ccc4C[C@H]1CN3)N=C[C@@H]1Cc3ccccc3N1C2=O. The molecule has 0 aromatic heterocycles. The molecule has 12 heteroatoms. The number of para-hydroxylation sites is 1. The number of hydrogen-bond donors (Lipinski definition) is 1. The first kappa shape index (κ1) is 35.0. The van der Waals surface area contributed by atoms with Gasteiger partial charge in [0, 0.05) is 55.9 Å². The zero-order chi connectivity index (χ0) is 37.3. The van der Waals surface area contributed by atoms with Gasteiger partial charge in [-0.3, -0.25) is 19.5 Å². The Morgan fingerprint density at radius 1 is 0.759 bits per heavy atom. The number of amides is 2. The molecule has 8 rings (SSSR count). The van der Waals surface area contributed by atoms with Crippen molar-refractivity contribution in [2.75, 3.05) is 55.7 Å². The fourth-order valence-electron chi connectivity index (χ4n) is 7.65. The topological polar surface area (TPSA) is 128 Å². The standard InChI is InChI=1S/C42H42N4O8/c1-25(47)8-6-13-52-30-12-11-27-17-29-24-44-34-22-40(38(51-3)20-32(34)42(49)46(29)36(27)18-30)54-15-7-14-53-39-21-33-31(19-37(39)50-2)41(48)45-28(23-43-33)16-26-9-4-5-10-35(26)45/h4-5,9-12,18-23,28-29,44H,6-8,13-17,24H2,1-3H3/t28-,29-/m0/s1. The van der Waals surface area contributed by atoms with Gasteiger partial charge in [0.15, 0.2) is 23.0 Å². The van der Waals surface area contributed by atoms with Crippen molar-refractivity contribution in [1.29, 1.82) is 0 Å². The molecule has 0 unspecified atom stereocenters. The third-order valence-corrected chi connectivity index (χ3v) is 10.3. The smallest absolute Gasteiger partial charge is 0.261 e. The Balaban J connectivity index is 0.914. The van der Waals surface area contributed by atoms with Crippen molar-refractivity contribution in [2.45, 2.75) is 51.1 Å². The summed E-state index contributed by atoms with van der Waals surface area (Å²) in [7, 11) is 3.10. The highest BCUT2D eigenvalue weighted by molar-refractivity contribution is 6.15. The minimum absolute atomic E-state index is 0.0667. The summed E-state index contributed by atoms with van der Waals surface area (Å²) in [5.74, 6) is 2.45. The second-order valence-corrected chi connectivity index (χ2v) is 13.8. The van der Waals surface area contributed by atoms with Gasteiger partial charge in [0.1, 0.15) is 11.5 Å². The van der Waals surface area contributed by atoms with Crippen LogP contribution >= 0.6 is 0 Å². The van der Waals surface area contributed by atoms with Gasteiger partial charge in [-0.25, -0.2) is 0 Å². The lowest BCUT2D eigenvalue weighted by molar-refractivity contribution is -0.117. The first-order chi connectivity index (χ1) is 26.3. The number of aliphatic imine (C=N–C) groups is 1. The average molecular weight is 731 g/mol. The number of hydrogen-bond acceptors (Lipinski definition) is 10. The second-order valence-electron chi connectivity index (χ2n) is 13.8. The van der Waals surface area contributed by atoms with Crippen molar-refractivity contribution in [3.05, 3.63) is 89.0 Å². The third-order valence-electron chi connectivity index (χ3n) is 10.3. The maximum atomic E-state index is 14.1. The van der Waals surface area contributed by atoms with Crippen molar-refractivity contribution < 1.29 is 38.1 Å². The quantitative estimate of drug-likeness (QED) is 0.152. The highest BCUT2D eigenvalue weighted by Gasteiger charge is 2.39. The van der Waals surface area contributed by atoms with E-state index >= 15 is 0 Å². The first-order valence-corrected chi connectivity index (χ1v) is 18.3. The summed E-state index contributed by atoms with van der Waals surface area (Å²) in [4.78, 5) is 47.4. The summed E-state index contributed by atoms with van der Waals surface area (Å²) in [5, 5.41) is 3.47. The van der Waals surface area contributed by atoms with Crippen LogP contribution in [0.1, 0.15) is 58.0 Å². The van der Waals surface area contributed by atoms with Gasteiger partial charge in [-0.05, 0) is 55.2 Å². The Labute approximate surface area is 313 Å². The van der Waals surface area contributed by atoms with Crippen LogP contribution < -0.4 is 38.8 Å². The molecule has 0 spiro atoms. The maximum Gasteiger partial charge on any atom is 0.261 e. The van der Waals surface area contributed by atoms with Crippen LogP contribution in [0.2, 0.25) is 0 Å². The number of Topliss-reactive ketones (excluding diaryl/α,β-unsaturated/α-hetero) is 1. The molecule has 0 radical (unpaired) electrons. The number of rotatable bonds is 13. The number of methoxy groups -OCH3 is 2. The van der Waals surface area contributed by atoms with E-state index in [4.69, 9.17) is 28.7 Å². The fourth-order valence-corrected chi connectivity index (χ4v) is 7.65. The number of anilines is 3. The average Bonchev–Trinajstić information content (AvgIpc) is 3.66. The minimum Gasteiger partial charge on any atom is -0.494 e. The van der Waals surface area contributed by atoms with E-state index in [1.54, 1.807) is 44.2 Å². The number of benzene rings is 4. The maximum absolute atomic E-state index is 14.1. The Morgan fingerprint density at radius 3 is 2.24 bits per heavy atom. The van der Waals surface area contributed by atoms with Crippen molar-refractivity contribution in [3.63, 3.8) is 0 Å². The summed E-state index contributed by atoms with van der Waals surface area (Å²) in [6.07, 6.45) is 4.92. The highest BCUT2D eigenvalue weighted by Crippen LogP contribution is 2.43. The van der Waals surface area contributed by atoms with E-state index in [-0.39, 0.29) is 29.7 Å². The molecule has 0 saturated carbocycles. The number of nitrogens with zero attached hydrogens (tertiary/aromatic N) is 3. The van der Waals surface area contributed by atoms with Crippen LogP contribution in [-0.2, 0) is 17.6 Å². The molecule has 1 N–H and O–H groups in total. The molecule has 0 fully saturated rings. The van der Waals surface area contributed by atoms with Gasteiger partial charge in [0.05, 0.1) is 74.3 Å². The van der Waals surface area contributed by atoms with Gasteiger partial charge >= 0.3 is 0 Å². The van der Waals surface area contributed by atoms with E-state index in [1.807, 2.05) is 59.6 Å². The van der Waals surface area contributed by atoms with Crippen LogP contribution in [0.5, 0.6) is 28.7 Å². The van der Waals surface area contributed by atoms with E-state index in [9.17, 15) is 14.4 Å². The van der Waals surface area contributed by atoms with Crippen LogP contribution in [0.4, 0.5) is 22.7 Å². The number of nitrogens with one attached hydrogen (secondary N) is 1. The van der Waals surface area contributed by atoms with Gasteiger partial charge in [0.2, 0.25) is 0 Å². The summed E-state index contributed by atoms with van der Waals surface area (Å²) in [6, 6.07) is 20.6. The van der Waals surface area contributed by atoms with Crippen LogP contribution in [0.15, 0.2) is 71.7 Å². The van der Waals surface area contributed by atoms with Gasteiger partial charge in [0.25, 0.3) is 11.8 Å². The fraction of sp³-hybridized carbons (Fsp3) is 0.333. The van der Waals surface area contributed by atoms with Crippen LogP contribution in [0, 0.1) is 0 Å². The monoisotopic (exact) mass is 730 g/mol. The Kier molecular flexibility index (Phi) is 9.57. The molecule has 4 aliphatic heterocycles. The Hall–Kier alpha value is -6.04. The van der Waals surface area contributed by atoms with E-state index in [0.29, 0.717) is 96.9 Å². The lowest BCUT2D eigenvalue weighted by Crippen LogP contribution is -2.39. The van der Waals surface area contributed by atoms with E-state index < -0.39 is 0 Å². The van der Waals surface area contributed by atoms with Crippen LogP contribution in [0.3, 0.4) is 0 Å². The molecule has 0 saturated heterocycles. The van der Waals surface area contributed by atoms with Crippen molar-refractivity contribution in [2.24, 2.45) is 4.99 Å². The normalized spacial score (nSPS) is 17.5. The first-order valence-electron chi connectivity index (χ1n) is 18.3. The lowest BCUT2D eigenvalue weighted by atomic mass is 10.1.